The van der Waals surface area contributed by atoms with Crippen molar-refractivity contribution in [2.24, 2.45) is 0 Å². The van der Waals surface area contributed by atoms with Crippen LogP contribution in [-0.2, 0) is 6.42 Å². The highest BCUT2D eigenvalue weighted by atomic mass is 16.1. The van der Waals surface area contributed by atoms with Gasteiger partial charge in [0.25, 0.3) is 0 Å². The molecule has 0 bridgehead atoms. The molecule has 0 saturated heterocycles. The van der Waals surface area contributed by atoms with Gasteiger partial charge in [-0.25, -0.2) is 4.79 Å². The van der Waals surface area contributed by atoms with Gasteiger partial charge in [0.2, 0.25) is 0 Å². The summed E-state index contributed by atoms with van der Waals surface area (Å²) in [6.07, 6.45) is 0.838. The Morgan fingerprint density at radius 2 is 2.00 bits per heavy atom. The molecule has 0 saturated carbocycles. The van der Waals surface area contributed by atoms with Crippen LogP contribution in [0.4, 0.5) is 0 Å². The van der Waals surface area contributed by atoms with Crippen molar-refractivity contribution in [1.29, 1.82) is 5.26 Å². The molecule has 5 heteroatoms. The highest BCUT2D eigenvalue weighted by molar-refractivity contribution is 5.74. The van der Waals surface area contributed by atoms with Gasteiger partial charge < -0.3 is 9.97 Å². The molecule has 1 aromatic heterocycles. The molecule has 1 heterocycles. The first-order valence-electron chi connectivity index (χ1n) is 6.26. The lowest BCUT2D eigenvalue weighted by Crippen LogP contribution is -2.40. The first-order chi connectivity index (χ1) is 8.92. The van der Waals surface area contributed by atoms with Gasteiger partial charge in [-0.05, 0) is 45.0 Å². The molecule has 100 valence electrons. The number of nitrogens with one attached hydrogen (secondary N) is 2. The van der Waals surface area contributed by atoms with Gasteiger partial charge in [-0.2, -0.15) is 5.26 Å². The molecule has 0 aliphatic rings. The first-order valence-corrected chi connectivity index (χ1v) is 6.26. The number of H-pyrrole nitrogens is 2. The molecule has 2 rings (SSSR count). The second-order valence-corrected chi connectivity index (χ2v) is 5.30. The van der Waals surface area contributed by atoms with E-state index < -0.39 is 5.54 Å². The van der Waals surface area contributed by atoms with Crippen LogP contribution in [0.2, 0.25) is 0 Å². The van der Waals surface area contributed by atoms with E-state index in [9.17, 15) is 4.79 Å². The van der Waals surface area contributed by atoms with Crippen LogP contribution in [-0.4, -0.2) is 34.0 Å². The zero-order chi connectivity index (χ0) is 14.0. The second-order valence-electron chi connectivity index (χ2n) is 5.30. The summed E-state index contributed by atoms with van der Waals surface area (Å²) >= 11 is 0. The fourth-order valence-electron chi connectivity index (χ4n) is 1.90. The molecule has 0 atom stereocenters. The molecule has 0 radical (unpaired) electrons. The maximum atomic E-state index is 11.2. The third-order valence-corrected chi connectivity index (χ3v) is 3.54. The summed E-state index contributed by atoms with van der Waals surface area (Å²) in [5, 5.41) is 9.07. The van der Waals surface area contributed by atoms with Crippen LogP contribution in [0.5, 0.6) is 0 Å². The molecular weight excluding hydrogens is 240 g/mol. The number of benzene rings is 1. The number of rotatable bonds is 4. The van der Waals surface area contributed by atoms with Crippen LogP contribution >= 0.6 is 0 Å². The Morgan fingerprint density at radius 1 is 1.32 bits per heavy atom. The Morgan fingerprint density at radius 3 is 2.68 bits per heavy atom. The van der Waals surface area contributed by atoms with Crippen molar-refractivity contribution >= 4 is 11.0 Å². The number of nitrogens with zero attached hydrogens (tertiary/aromatic N) is 2. The highest BCUT2D eigenvalue weighted by Crippen LogP contribution is 2.14. The Labute approximate surface area is 111 Å². The molecular formula is C14H18N4O. The monoisotopic (exact) mass is 258 g/mol. The minimum atomic E-state index is -0.466. The maximum absolute atomic E-state index is 11.2. The fraction of sp³-hybridized carbons (Fsp3) is 0.429. The molecule has 2 N–H and O–H groups in total. The number of hydrogen-bond acceptors (Lipinski definition) is 3. The number of imidazole rings is 1. The lowest BCUT2D eigenvalue weighted by Gasteiger charge is -2.28. The van der Waals surface area contributed by atoms with Crippen molar-refractivity contribution in [1.82, 2.24) is 14.9 Å². The average Bonchev–Trinajstić information content (AvgIpc) is 2.74. The van der Waals surface area contributed by atoms with E-state index in [0.29, 0.717) is 0 Å². The Balaban J connectivity index is 2.10. The van der Waals surface area contributed by atoms with E-state index in [0.717, 1.165) is 29.6 Å². The van der Waals surface area contributed by atoms with Crippen molar-refractivity contribution < 1.29 is 0 Å². The molecule has 0 spiro atoms. The van der Waals surface area contributed by atoms with Gasteiger partial charge >= 0.3 is 5.69 Å². The van der Waals surface area contributed by atoms with E-state index in [-0.39, 0.29) is 5.69 Å². The molecule has 0 fully saturated rings. The summed E-state index contributed by atoms with van der Waals surface area (Å²) in [7, 11) is 1.94. The lowest BCUT2D eigenvalue weighted by molar-refractivity contribution is 0.214. The summed E-state index contributed by atoms with van der Waals surface area (Å²) in [6, 6.07) is 8.16. The molecule has 0 aliphatic heterocycles. The second kappa shape index (κ2) is 4.90. The van der Waals surface area contributed by atoms with Crippen LogP contribution in [0.15, 0.2) is 23.0 Å². The number of aromatic amines is 2. The van der Waals surface area contributed by atoms with Crippen LogP contribution in [0.25, 0.3) is 11.0 Å². The Bertz CT molecular complexity index is 675. The summed E-state index contributed by atoms with van der Waals surface area (Å²) in [5.41, 5.74) is 2.13. The summed E-state index contributed by atoms with van der Waals surface area (Å²) in [6.45, 7) is 4.60. The minimum Gasteiger partial charge on any atom is -0.306 e. The summed E-state index contributed by atoms with van der Waals surface area (Å²) < 4.78 is 0. The van der Waals surface area contributed by atoms with Crippen molar-refractivity contribution in [3.8, 4) is 6.07 Å². The van der Waals surface area contributed by atoms with Crippen LogP contribution in [0, 0.1) is 11.3 Å². The van der Waals surface area contributed by atoms with E-state index in [1.54, 1.807) is 0 Å². The van der Waals surface area contributed by atoms with Crippen LogP contribution in [0.3, 0.4) is 0 Å². The molecule has 0 unspecified atom stereocenters. The van der Waals surface area contributed by atoms with Gasteiger partial charge in [-0.15, -0.1) is 0 Å². The van der Waals surface area contributed by atoms with Gasteiger partial charge in [-0.1, -0.05) is 6.07 Å². The molecule has 2 aromatic rings. The first kappa shape index (κ1) is 13.4. The third-order valence-electron chi connectivity index (χ3n) is 3.54. The average molecular weight is 258 g/mol. The van der Waals surface area contributed by atoms with E-state index in [4.69, 9.17) is 5.26 Å². The number of fused-ring (bicyclic) bond motifs is 1. The lowest BCUT2D eigenvalue weighted by atomic mass is 10.0. The minimum absolute atomic E-state index is 0.185. The number of likely N-dealkylation sites (N-methyl/N-ethyl adjacent to an activating group) is 1. The van der Waals surface area contributed by atoms with Gasteiger partial charge in [-0.3, -0.25) is 4.90 Å². The quantitative estimate of drug-likeness (QED) is 0.875. The number of nitriles is 1. The van der Waals surface area contributed by atoms with Crippen LogP contribution < -0.4 is 5.69 Å². The van der Waals surface area contributed by atoms with Gasteiger partial charge in [0.1, 0.15) is 5.54 Å². The van der Waals surface area contributed by atoms with Crippen molar-refractivity contribution in [2.45, 2.75) is 25.8 Å². The maximum Gasteiger partial charge on any atom is 0.323 e. The fourth-order valence-corrected chi connectivity index (χ4v) is 1.90. The SMILES string of the molecule is CN(CCc1ccc2[nH]c(=O)[nH]c2c1)C(C)(C)C#N. The van der Waals surface area contributed by atoms with Crippen molar-refractivity contribution in [3.63, 3.8) is 0 Å². The predicted octanol–water partition coefficient (Wildman–Crippen LogP) is 1.63. The largest absolute Gasteiger partial charge is 0.323 e. The Hall–Kier alpha value is -2.06. The smallest absolute Gasteiger partial charge is 0.306 e. The van der Waals surface area contributed by atoms with E-state index >= 15 is 0 Å². The van der Waals surface area contributed by atoms with Crippen molar-refractivity contribution in [2.75, 3.05) is 13.6 Å². The Kier molecular flexibility index (Phi) is 3.45. The normalized spacial score (nSPS) is 11.9. The molecule has 0 amide bonds. The third kappa shape index (κ3) is 2.85. The molecule has 0 aliphatic carbocycles. The van der Waals surface area contributed by atoms with Gasteiger partial charge in [0, 0.05) is 6.54 Å². The zero-order valence-electron chi connectivity index (χ0n) is 11.4. The van der Waals surface area contributed by atoms with Gasteiger partial charge in [0.05, 0.1) is 17.1 Å². The number of aromatic nitrogens is 2. The predicted molar refractivity (Wildman–Crippen MR) is 74.9 cm³/mol. The number of hydrogen-bond donors (Lipinski definition) is 2. The molecule has 5 nitrogen and oxygen atoms in total. The standard InChI is InChI=1S/C14H18N4O/c1-14(2,9-15)18(3)7-6-10-4-5-11-12(8-10)17-13(19)16-11/h4-5,8H,6-7H2,1-3H3,(H2,16,17,19). The summed E-state index contributed by atoms with van der Waals surface area (Å²) in [5.74, 6) is 0. The molecule has 19 heavy (non-hydrogen) atoms. The highest BCUT2D eigenvalue weighted by Gasteiger charge is 2.22. The molecule has 1 aromatic carbocycles. The van der Waals surface area contributed by atoms with E-state index in [1.807, 2.05) is 44.0 Å². The zero-order valence-corrected chi connectivity index (χ0v) is 11.4. The van der Waals surface area contributed by atoms with E-state index in [1.165, 1.54) is 0 Å². The van der Waals surface area contributed by atoms with Gasteiger partial charge in [0.15, 0.2) is 0 Å². The van der Waals surface area contributed by atoms with E-state index in [2.05, 4.69) is 16.0 Å². The summed E-state index contributed by atoms with van der Waals surface area (Å²) in [4.78, 5) is 18.7. The van der Waals surface area contributed by atoms with Crippen LogP contribution in [0.1, 0.15) is 19.4 Å². The topological polar surface area (TPSA) is 75.7 Å². The van der Waals surface area contributed by atoms with Crippen molar-refractivity contribution in [3.05, 3.63) is 34.2 Å².